The van der Waals surface area contributed by atoms with Crippen LogP contribution in [-0.4, -0.2) is 47.0 Å². The van der Waals surface area contributed by atoms with Crippen molar-refractivity contribution in [1.29, 1.82) is 0 Å². The third-order valence-electron chi connectivity index (χ3n) is 4.57. The molecule has 1 amide bonds. The summed E-state index contributed by atoms with van der Waals surface area (Å²) in [6.45, 7) is 3.46. The first-order valence-corrected chi connectivity index (χ1v) is 8.46. The van der Waals surface area contributed by atoms with E-state index in [1.54, 1.807) is 23.5 Å². The third kappa shape index (κ3) is 2.84. The van der Waals surface area contributed by atoms with Crippen molar-refractivity contribution in [3.63, 3.8) is 0 Å². The number of aromatic nitrogens is 5. The zero-order valence-electron chi connectivity index (χ0n) is 13.7. The van der Waals surface area contributed by atoms with E-state index >= 15 is 0 Å². The molecule has 0 spiro atoms. The van der Waals surface area contributed by atoms with Crippen molar-refractivity contribution in [2.24, 2.45) is 5.92 Å². The number of hydrogen-bond acceptors (Lipinski definition) is 5. The summed E-state index contributed by atoms with van der Waals surface area (Å²) >= 11 is 6.50. The number of alkyl halides is 1. The first-order chi connectivity index (χ1) is 12.1. The van der Waals surface area contributed by atoms with E-state index in [-0.39, 0.29) is 11.8 Å². The monoisotopic (exact) mass is 356 g/mol. The van der Waals surface area contributed by atoms with Gasteiger partial charge in [0.05, 0.1) is 23.5 Å². The molecule has 25 heavy (non-hydrogen) atoms. The summed E-state index contributed by atoms with van der Waals surface area (Å²) in [4.78, 5) is 22.4. The van der Waals surface area contributed by atoms with Crippen molar-refractivity contribution in [2.45, 2.75) is 24.9 Å². The predicted octanol–water partition coefficient (Wildman–Crippen LogP) is 1.82. The van der Waals surface area contributed by atoms with Crippen LogP contribution >= 0.6 is 11.6 Å². The van der Waals surface area contributed by atoms with Gasteiger partial charge in [0.15, 0.2) is 11.6 Å². The SMILES string of the molecule is CC1(Cl)C=CC=CC1C(=O)N1CCn2c(nnc2-c2cnccn2)C1. The first kappa shape index (κ1) is 16.0. The van der Waals surface area contributed by atoms with E-state index in [2.05, 4.69) is 20.2 Å². The Labute approximate surface area is 150 Å². The number of allylic oxidation sites excluding steroid dienone is 3. The summed E-state index contributed by atoms with van der Waals surface area (Å²) in [5.74, 6) is 1.05. The molecule has 1 aliphatic carbocycles. The Bertz CT molecular complexity index is 857. The van der Waals surface area contributed by atoms with Gasteiger partial charge in [0.2, 0.25) is 5.91 Å². The Morgan fingerprint density at radius 3 is 2.92 bits per heavy atom. The van der Waals surface area contributed by atoms with Gasteiger partial charge in [-0.25, -0.2) is 4.98 Å². The van der Waals surface area contributed by atoms with Gasteiger partial charge in [-0.3, -0.25) is 9.78 Å². The van der Waals surface area contributed by atoms with Crippen molar-refractivity contribution in [3.8, 4) is 11.5 Å². The Kier molecular flexibility index (Phi) is 3.88. The van der Waals surface area contributed by atoms with E-state index in [0.29, 0.717) is 31.2 Å². The van der Waals surface area contributed by atoms with E-state index < -0.39 is 4.87 Å². The second-order valence-electron chi connectivity index (χ2n) is 6.31. The van der Waals surface area contributed by atoms with Crippen LogP contribution in [0.25, 0.3) is 11.5 Å². The molecule has 0 aromatic carbocycles. The summed E-state index contributed by atoms with van der Waals surface area (Å²) in [6.07, 6.45) is 12.4. The topological polar surface area (TPSA) is 76.8 Å². The molecule has 0 saturated carbocycles. The predicted molar refractivity (Wildman–Crippen MR) is 92.5 cm³/mol. The zero-order valence-corrected chi connectivity index (χ0v) is 14.5. The van der Waals surface area contributed by atoms with Crippen LogP contribution in [0, 0.1) is 5.92 Å². The van der Waals surface area contributed by atoms with E-state index in [0.717, 1.165) is 5.82 Å². The van der Waals surface area contributed by atoms with Crippen molar-refractivity contribution in [3.05, 3.63) is 48.7 Å². The molecule has 4 rings (SSSR count). The van der Waals surface area contributed by atoms with Crippen molar-refractivity contribution >= 4 is 17.5 Å². The number of rotatable bonds is 2. The van der Waals surface area contributed by atoms with Crippen LogP contribution in [0.3, 0.4) is 0 Å². The number of halogens is 1. The lowest BCUT2D eigenvalue weighted by molar-refractivity contribution is -0.136. The van der Waals surface area contributed by atoms with Gasteiger partial charge in [-0.2, -0.15) is 0 Å². The molecule has 0 N–H and O–H groups in total. The van der Waals surface area contributed by atoms with Crippen LogP contribution in [0.1, 0.15) is 12.7 Å². The lowest BCUT2D eigenvalue weighted by Gasteiger charge is -2.35. The quantitative estimate of drug-likeness (QED) is 0.767. The molecule has 3 heterocycles. The van der Waals surface area contributed by atoms with E-state index in [1.165, 1.54) is 0 Å². The maximum Gasteiger partial charge on any atom is 0.232 e. The number of amides is 1. The maximum atomic E-state index is 12.9. The fourth-order valence-electron chi connectivity index (χ4n) is 3.18. The van der Waals surface area contributed by atoms with E-state index in [4.69, 9.17) is 11.6 Å². The van der Waals surface area contributed by atoms with Gasteiger partial charge in [-0.1, -0.05) is 24.3 Å². The molecule has 128 valence electrons. The van der Waals surface area contributed by atoms with Crippen LogP contribution < -0.4 is 0 Å². The molecule has 7 nitrogen and oxygen atoms in total. The summed E-state index contributed by atoms with van der Waals surface area (Å²) < 4.78 is 1.99. The molecule has 0 bridgehead atoms. The standard InChI is InChI=1S/C17H17ClN6O/c1-17(18)5-3-2-4-12(17)16(25)23-8-9-24-14(11-23)21-22-15(24)13-10-19-6-7-20-13/h2-7,10,12H,8-9,11H2,1H3. The van der Waals surface area contributed by atoms with Crippen LogP contribution in [0.2, 0.25) is 0 Å². The summed E-state index contributed by atoms with van der Waals surface area (Å²) in [5, 5.41) is 8.46. The van der Waals surface area contributed by atoms with Crippen LogP contribution in [0.15, 0.2) is 42.9 Å². The molecular weight excluding hydrogens is 340 g/mol. The van der Waals surface area contributed by atoms with Gasteiger partial charge in [-0.05, 0) is 6.92 Å². The van der Waals surface area contributed by atoms with Gasteiger partial charge in [0, 0.05) is 25.5 Å². The van der Waals surface area contributed by atoms with Gasteiger partial charge < -0.3 is 9.47 Å². The van der Waals surface area contributed by atoms with E-state index in [9.17, 15) is 4.79 Å². The van der Waals surface area contributed by atoms with E-state index in [1.807, 2.05) is 35.8 Å². The third-order valence-corrected chi connectivity index (χ3v) is 4.93. The minimum absolute atomic E-state index is 0.00778. The molecule has 0 radical (unpaired) electrons. The van der Waals surface area contributed by atoms with Crippen molar-refractivity contribution in [2.75, 3.05) is 6.54 Å². The second-order valence-corrected chi connectivity index (χ2v) is 7.13. The molecule has 2 aromatic heterocycles. The highest BCUT2D eigenvalue weighted by atomic mass is 35.5. The fourth-order valence-corrected chi connectivity index (χ4v) is 3.42. The highest BCUT2D eigenvalue weighted by molar-refractivity contribution is 6.27. The number of fused-ring (bicyclic) bond motifs is 1. The Hall–Kier alpha value is -2.54. The molecule has 1 aliphatic heterocycles. The lowest BCUT2D eigenvalue weighted by Crippen LogP contribution is -2.46. The summed E-state index contributed by atoms with van der Waals surface area (Å²) in [5.41, 5.74) is 0.676. The highest BCUT2D eigenvalue weighted by Crippen LogP contribution is 2.33. The summed E-state index contributed by atoms with van der Waals surface area (Å²) in [7, 11) is 0. The number of carbonyl (C=O) groups is 1. The minimum atomic E-state index is -0.707. The zero-order chi connectivity index (χ0) is 17.4. The molecule has 2 aromatic rings. The molecule has 0 fully saturated rings. The molecule has 2 aliphatic rings. The molecular formula is C17H17ClN6O. The first-order valence-electron chi connectivity index (χ1n) is 8.08. The smallest absolute Gasteiger partial charge is 0.232 e. The van der Waals surface area contributed by atoms with Gasteiger partial charge >= 0.3 is 0 Å². The summed E-state index contributed by atoms with van der Waals surface area (Å²) in [6, 6.07) is 0. The van der Waals surface area contributed by atoms with Gasteiger partial charge in [-0.15, -0.1) is 21.8 Å². The maximum absolute atomic E-state index is 12.9. The van der Waals surface area contributed by atoms with Gasteiger partial charge in [0.25, 0.3) is 0 Å². The average molecular weight is 357 g/mol. The van der Waals surface area contributed by atoms with Crippen LogP contribution in [0.4, 0.5) is 0 Å². The Morgan fingerprint density at radius 2 is 2.16 bits per heavy atom. The lowest BCUT2D eigenvalue weighted by atomic mass is 9.87. The van der Waals surface area contributed by atoms with Crippen molar-refractivity contribution in [1.82, 2.24) is 29.6 Å². The van der Waals surface area contributed by atoms with Gasteiger partial charge in [0.1, 0.15) is 5.69 Å². The normalized spacial score (nSPS) is 25.0. The molecule has 2 atom stereocenters. The average Bonchev–Trinajstić information content (AvgIpc) is 3.04. The van der Waals surface area contributed by atoms with Crippen molar-refractivity contribution < 1.29 is 4.79 Å². The second kappa shape index (κ2) is 6.07. The molecule has 2 unspecified atom stereocenters. The Balaban J connectivity index is 1.56. The Morgan fingerprint density at radius 1 is 1.28 bits per heavy atom. The number of carbonyl (C=O) groups excluding carboxylic acids is 1. The number of nitrogens with zero attached hydrogens (tertiary/aromatic N) is 6. The fraction of sp³-hybridized carbons (Fsp3) is 0.353. The number of hydrogen-bond donors (Lipinski definition) is 0. The minimum Gasteiger partial charge on any atom is -0.333 e. The van der Waals surface area contributed by atoms with Crippen LogP contribution in [0.5, 0.6) is 0 Å². The molecule has 8 heteroatoms. The van der Waals surface area contributed by atoms with Crippen LogP contribution in [-0.2, 0) is 17.9 Å². The largest absolute Gasteiger partial charge is 0.333 e. The highest BCUT2D eigenvalue weighted by Gasteiger charge is 2.38. The molecule has 0 saturated heterocycles.